The fourth-order valence-electron chi connectivity index (χ4n) is 3.20. The number of carbonyl (C=O) groups is 1. The summed E-state index contributed by atoms with van der Waals surface area (Å²) in [5.74, 6) is -0.704. The van der Waals surface area contributed by atoms with Gasteiger partial charge in [0, 0.05) is 16.9 Å². The Bertz CT molecular complexity index is 646. The van der Waals surface area contributed by atoms with E-state index in [1.54, 1.807) is 12.5 Å². The molecule has 0 atom stereocenters. The first-order chi connectivity index (χ1) is 10.1. The highest BCUT2D eigenvalue weighted by atomic mass is 79.9. The first-order valence-corrected chi connectivity index (χ1v) is 7.94. The molecule has 1 aliphatic carbocycles. The molecule has 1 aromatic heterocycles. The molecule has 0 saturated heterocycles. The van der Waals surface area contributed by atoms with Crippen molar-refractivity contribution in [2.45, 2.75) is 37.5 Å². The molecule has 110 valence electrons. The Kier molecular flexibility index (Phi) is 3.85. The van der Waals surface area contributed by atoms with Crippen LogP contribution in [-0.4, -0.2) is 20.6 Å². The summed E-state index contributed by atoms with van der Waals surface area (Å²) in [5.41, 5.74) is 1.13. The number of aromatic nitrogens is 2. The number of carboxylic acids is 1. The summed E-state index contributed by atoms with van der Waals surface area (Å²) in [6.45, 7) is 0. The van der Waals surface area contributed by atoms with Gasteiger partial charge < -0.3 is 9.67 Å². The van der Waals surface area contributed by atoms with E-state index >= 15 is 0 Å². The summed E-state index contributed by atoms with van der Waals surface area (Å²) in [5, 5.41) is 9.76. The van der Waals surface area contributed by atoms with E-state index in [0.29, 0.717) is 0 Å². The molecule has 1 fully saturated rings. The SMILES string of the molecule is O=C(O)C1(c2ccc(-n3ccnc3)c(Br)c2)CCCCC1. The third-order valence-electron chi connectivity index (χ3n) is 4.40. The third-order valence-corrected chi connectivity index (χ3v) is 5.03. The summed E-state index contributed by atoms with van der Waals surface area (Å²) in [4.78, 5) is 15.9. The quantitative estimate of drug-likeness (QED) is 0.914. The van der Waals surface area contributed by atoms with Crippen LogP contribution >= 0.6 is 15.9 Å². The fourth-order valence-corrected chi connectivity index (χ4v) is 3.78. The maximum absolute atomic E-state index is 11.9. The van der Waals surface area contributed by atoms with Gasteiger partial charge in [-0.1, -0.05) is 25.3 Å². The van der Waals surface area contributed by atoms with Crippen molar-refractivity contribution in [1.29, 1.82) is 0 Å². The maximum Gasteiger partial charge on any atom is 0.314 e. The van der Waals surface area contributed by atoms with Crippen LogP contribution in [0.25, 0.3) is 5.69 Å². The summed E-state index contributed by atoms with van der Waals surface area (Å²) in [6.07, 6.45) is 9.85. The van der Waals surface area contributed by atoms with E-state index in [0.717, 1.165) is 47.8 Å². The first-order valence-electron chi connectivity index (χ1n) is 7.15. The number of nitrogens with zero attached hydrogens (tertiary/aromatic N) is 2. The smallest absolute Gasteiger partial charge is 0.314 e. The lowest BCUT2D eigenvalue weighted by molar-refractivity contribution is -0.145. The molecule has 21 heavy (non-hydrogen) atoms. The zero-order valence-electron chi connectivity index (χ0n) is 11.6. The van der Waals surface area contributed by atoms with Crippen molar-refractivity contribution in [3.63, 3.8) is 0 Å². The number of imidazole rings is 1. The lowest BCUT2D eigenvalue weighted by atomic mass is 9.69. The Labute approximate surface area is 131 Å². The van der Waals surface area contributed by atoms with Gasteiger partial charge in [0.15, 0.2) is 0 Å². The highest BCUT2D eigenvalue weighted by Gasteiger charge is 2.41. The van der Waals surface area contributed by atoms with Gasteiger partial charge in [-0.3, -0.25) is 4.79 Å². The molecule has 0 aliphatic heterocycles. The third kappa shape index (κ3) is 2.50. The predicted octanol–water partition coefficient (Wildman–Crippen LogP) is 3.92. The molecule has 1 aliphatic rings. The topological polar surface area (TPSA) is 55.1 Å². The van der Waals surface area contributed by atoms with Crippen molar-refractivity contribution in [2.24, 2.45) is 0 Å². The van der Waals surface area contributed by atoms with Crippen LogP contribution in [0.1, 0.15) is 37.7 Å². The molecule has 1 heterocycles. The molecule has 0 amide bonds. The van der Waals surface area contributed by atoms with Crippen molar-refractivity contribution in [3.8, 4) is 5.69 Å². The number of carboxylic acid groups (broad SMARTS) is 1. The Balaban J connectivity index is 2.02. The number of benzene rings is 1. The van der Waals surface area contributed by atoms with Crippen LogP contribution in [0.2, 0.25) is 0 Å². The van der Waals surface area contributed by atoms with Gasteiger partial charge in [-0.15, -0.1) is 0 Å². The van der Waals surface area contributed by atoms with Gasteiger partial charge in [-0.25, -0.2) is 4.98 Å². The van der Waals surface area contributed by atoms with E-state index in [2.05, 4.69) is 20.9 Å². The van der Waals surface area contributed by atoms with Crippen molar-refractivity contribution < 1.29 is 9.90 Å². The van der Waals surface area contributed by atoms with Crippen LogP contribution < -0.4 is 0 Å². The first kappa shape index (κ1) is 14.3. The molecule has 4 nitrogen and oxygen atoms in total. The number of aliphatic carboxylic acids is 1. The zero-order chi connectivity index (χ0) is 14.9. The van der Waals surface area contributed by atoms with Gasteiger partial charge in [0.2, 0.25) is 0 Å². The lowest BCUT2D eigenvalue weighted by Crippen LogP contribution is -2.37. The second-order valence-electron chi connectivity index (χ2n) is 5.58. The lowest BCUT2D eigenvalue weighted by Gasteiger charge is -2.34. The largest absolute Gasteiger partial charge is 0.481 e. The van der Waals surface area contributed by atoms with E-state index in [1.165, 1.54) is 0 Å². The van der Waals surface area contributed by atoms with Gasteiger partial charge in [-0.05, 0) is 46.5 Å². The molecule has 0 unspecified atom stereocenters. The summed E-state index contributed by atoms with van der Waals surface area (Å²) in [6, 6.07) is 5.86. The Morgan fingerprint density at radius 3 is 2.62 bits per heavy atom. The van der Waals surface area contributed by atoms with Gasteiger partial charge in [0.05, 0.1) is 17.4 Å². The average Bonchev–Trinajstić information content (AvgIpc) is 3.01. The Morgan fingerprint density at radius 1 is 1.29 bits per heavy atom. The van der Waals surface area contributed by atoms with E-state index in [1.807, 2.05) is 29.0 Å². The van der Waals surface area contributed by atoms with Crippen LogP contribution in [0.3, 0.4) is 0 Å². The molecule has 0 bridgehead atoms. The highest BCUT2D eigenvalue weighted by molar-refractivity contribution is 9.10. The molecule has 5 heteroatoms. The summed E-state index contributed by atoms with van der Waals surface area (Å²) >= 11 is 3.57. The second kappa shape index (κ2) is 5.64. The van der Waals surface area contributed by atoms with Crippen molar-refractivity contribution in [1.82, 2.24) is 9.55 Å². The summed E-state index contributed by atoms with van der Waals surface area (Å²) in [7, 11) is 0. The number of rotatable bonds is 3. The molecule has 0 spiro atoms. The van der Waals surface area contributed by atoms with E-state index in [4.69, 9.17) is 0 Å². The van der Waals surface area contributed by atoms with Gasteiger partial charge in [0.1, 0.15) is 0 Å². The molecule has 1 N–H and O–H groups in total. The van der Waals surface area contributed by atoms with E-state index in [9.17, 15) is 9.90 Å². The molecular formula is C16H17BrN2O2. The average molecular weight is 349 g/mol. The standard InChI is InChI=1S/C16H17BrN2O2/c17-13-10-12(4-5-14(13)19-9-8-18-11-19)16(15(20)21)6-2-1-3-7-16/h4-5,8-11H,1-3,6-7H2,(H,20,21). The Morgan fingerprint density at radius 2 is 2.05 bits per heavy atom. The predicted molar refractivity (Wildman–Crippen MR) is 83.7 cm³/mol. The van der Waals surface area contributed by atoms with Crippen molar-refractivity contribution in [3.05, 3.63) is 47.0 Å². The molecule has 2 aromatic rings. The maximum atomic E-state index is 11.9. The Hall–Kier alpha value is -1.62. The van der Waals surface area contributed by atoms with E-state index in [-0.39, 0.29) is 0 Å². The van der Waals surface area contributed by atoms with Gasteiger partial charge in [0.25, 0.3) is 0 Å². The molecule has 1 saturated carbocycles. The van der Waals surface area contributed by atoms with Crippen LogP contribution in [0.5, 0.6) is 0 Å². The second-order valence-corrected chi connectivity index (χ2v) is 6.44. The van der Waals surface area contributed by atoms with Gasteiger partial charge >= 0.3 is 5.97 Å². The minimum Gasteiger partial charge on any atom is -0.481 e. The molecule has 3 rings (SSSR count). The van der Waals surface area contributed by atoms with Gasteiger partial charge in [-0.2, -0.15) is 0 Å². The monoisotopic (exact) mass is 348 g/mol. The fraction of sp³-hybridized carbons (Fsp3) is 0.375. The minimum absolute atomic E-state index is 0.704. The number of halogens is 1. The molecule has 0 radical (unpaired) electrons. The highest BCUT2D eigenvalue weighted by Crippen LogP contribution is 2.41. The normalized spacial score (nSPS) is 17.6. The minimum atomic E-state index is -0.728. The van der Waals surface area contributed by atoms with Crippen LogP contribution in [-0.2, 0) is 10.2 Å². The number of hydrogen-bond acceptors (Lipinski definition) is 2. The van der Waals surface area contributed by atoms with Crippen LogP contribution in [0.4, 0.5) is 0 Å². The molecular weight excluding hydrogens is 332 g/mol. The van der Waals surface area contributed by atoms with Crippen molar-refractivity contribution in [2.75, 3.05) is 0 Å². The summed E-state index contributed by atoms with van der Waals surface area (Å²) < 4.78 is 2.80. The van der Waals surface area contributed by atoms with E-state index < -0.39 is 11.4 Å². The van der Waals surface area contributed by atoms with Crippen molar-refractivity contribution >= 4 is 21.9 Å². The van der Waals surface area contributed by atoms with Crippen LogP contribution in [0.15, 0.2) is 41.4 Å². The number of hydrogen-bond donors (Lipinski definition) is 1. The molecule has 1 aromatic carbocycles. The zero-order valence-corrected chi connectivity index (χ0v) is 13.2. The van der Waals surface area contributed by atoms with Crippen LogP contribution in [0, 0.1) is 0 Å².